The van der Waals surface area contributed by atoms with E-state index in [1.54, 1.807) is 18.3 Å². The van der Waals surface area contributed by atoms with Crippen LogP contribution in [0.3, 0.4) is 0 Å². The number of pyridine rings is 1. The van der Waals surface area contributed by atoms with E-state index in [0.29, 0.717) is 5.02 Å². The first kappa shape index (κ1) is 15.3. The van der Waals surface area contributed by atoms with E-state index in [2.05, 4.69) is 15.3 Å². The number of hydrogen-bond acceptors (Lipinski definition) is 4. The zero-order chi connectivity index (χ0) is 15.4. The molecule has 2 aromatic rings. The minimum Gasteiger partial charge on any atom is -0.448 e. The lowest BCUT2D eigenvalue weighted by Crippen LogP contribution is -2.30. The lowest BCUT2D eigenvalue weighted by Gasteiger charge is -2.13. The van der Waals surface area contributed by atoms with Crippen molar-refractivity contribution in [1.82, 2.24) is 9.97 Å². The third-order valence-corrected chi connectivity index (χ3v) is 3.02. The first-order valence-electron chi connectivity index (χ1n) is 5.93. The molecule has 1 atom stereocenters. The first-order valence-corrected chi connectivity index (χ1v) is 6.69. The Balaban J connectivity index is 1.98. The molecule has 8 heteroatoms. The van der Waals surface area contributed by atoms with Gasteiger partial charge in [-0.2, -0.15) is 0 Å². The molecule has 0 aliphatic carbocycles. The van der Waals surface area contributed by atoms with Crippen LogP contribution in [0.4, 0.5) is 5.82 Å². The van der Waals surface area contributed by atoms with Gasteiger partial charge in [0.15, 0.2) is 11.9 Å². The van der Waals surface area contributed by atoms with Gasteiger partial charge in [0.1, 0.15) is 5.69 Å². The van der Waals surface area contributed by atoms with Crippen LogP contribution in [0.5, 0.6) is 0 Å². The van der Waals surface area contributed by atoms with Gasteiger partial charge in [-0.1, -0.05) is 23.2 Å². The number of aromatic amines is 1. The van der Waals surface area contributed by atoms with Gasteiger partial charge >= 0.3 is 5.97 Å². The van der Waals surface area contributed by atoms with Gasteiger partial charge in [-0.25, -0.2) is 9.78 Å². The predicted molar refractivity (Wildman–Crippen MR) is 78.6 cm³/mol. The molecule has 2 aromatic heterocycles. The molecule has 0 saturated heterocycles. The Labute approximate surface area is 130 Å². The summed E-state index contributed by atoms with van der Waals surface area (Å²) in [6, 6.07) is 4.64. The molecule has 2 rings (SSSR count). The van der Waals surface area contributed by atoms with E-state index in [0.717, 1.165) is 0 Å². The number of carbonyl (C=O) groups excluding carboxylic acids is 2. The highest BCUT2D eigenvalue weighted by Crippen LogP contribution is 2.22. The zero-order valence-corrected chi connectivity index (χ0v) is 12.4. The molecule has 2 heterocycles. The maximum atomic E-state index is 11.9. The molecule has 6 nitrogen and oxygen atoms in total. The van der Waals surface area contributed by atoms with Crippen LogP contribution in [0.2, 0.25) is 10.0 Å². The number of nitrogens with one attached hydrogen (secondary N) is 2. The molecule has 0 bridgehead atoms. The minimum atomic E-state index is -1.01. The molecule has 110 valence electrons. The zero-order valence-electron chi connectivity index (χ0n) is 10.9. The van der Waals surface area contributed by atoms with Crippen LogP contribution in [-0.4, -0.2) is 27.9 Å². The number of aromatic nitrogens is 2. The summed E-state index contributed by atoms with van der Waals surface area (Å²) in [5.41, 5.74) is 0.261. The molecule has 1 amide bonds. The lowest BCUT2D eigenvalue weighted by molar-refractivity contribution is -0.123. The van der Waals surface area contributed by atoms with Crippen molar-refractivity contribution in [1.29, 1.82) is 0 Å². The van der Waals surface area contributed by atoms with E-state index in [1.165, 1.54) is 19.2 Å². The van der Waals surface area contributed by atoms with Gasteiger partial charge in [0.2, 0.25) is 0 Å². The maximum Gasteiger partial charge on any atom is 0.355 e. The molecule has 0 aromatic carbocycles. The SMILES string of the molecule is C[C@H](OC(=O)c1ccc[nH]1)C(=O)Nc1ncc(Cl)cc1Cl. The van der Waals surface area contributed by atoms with Gasteiger partial charge in [0, 0.05) is 12.4 Å². The minimum absolute atomic E-state index is 0.147. The number of rotatable bonds is 4. The van der Waals surface area contributed by atoms with E-state index in [4.69, 9.17) is 27.9 Å². The molecule has 0 saturated carbocycles. The predicted octanol–water partition coefficient (Wildman–Crippen LogP) is 2.90. The molecular weight excluding hydrogens is 317 g/mol. The number of esters is 1. The Morgan fingerprint density at radius 3 is 2.81 bits per heavy atom. The maximum absolute atomic E-state index is 11.9. The fourth-order valence-corrected chi connectivity index (χ4v) is 1.89. The molecule has 0 aliphatic rings. The lowest BCUT2D eigenvalue weighted by atomic mass is 10.3. The fourth-order valence-electron chi connectivity index (χ4n) is 1.46. The number of anilines is 1. The highest BCUT2D eigenvalue weighted by Gasteiger charge is 2.20. The third-order valence-electron chi connectivity index (χ3n) is 2.52. The van der Waals surface area contributed by atoms with Crippen LogP contribution >= 0.6 is 23.2 Å². The van der Waals surface area contributed by atoms with Crippen molar-refractivity contribution < 1.29 is 14.3 Å². The summed E-state index contributed by atoms with van der Waals surface area (Å²) in [5, 5.41) is 3.00. The van der Waals surface area contributed by atoms with Gasteiger partial charge in [0.05, 0.1) is 10.0 Å². The van der Waals surface area contributed by atoms with E-state index < -0.39 is 18.0 Å². The second-order valence-electron chi connectivity index (χ2n) is 4.10. The van der Waals surface area contributed by atoms with Crippen molar-refractivity contribution in [2.45, 2.75) is 13.0 Å². The molecule has 0 spiro atoms. The first-order chi connectivity index (χ1) is 9.97. The second kappa shape index (κ2) is 6.60. The third kappa shape index (κ3) is 3.96. The average Bonchev–Trinajstić information content (AvgIpc) is 2.95. The molecule has 0 aliphatic heterocycles. The monoisotopic (exact) mass is 327 g/mol. The summed E-state index contributed by atoms with van der Waals surface area (Å²) in [4.78, 5) is 30.2. The second-order valence-corrected chi connectivity index (χ2v) is 4.95. The van der Waals surface area contributed by atoms with Crippen LogP contribution < -0.4 is 5.32 Å². The summed E-state index contributed by atoms with van der Waals surface area (Å²) in [5.74, 6) is -1.03. The molecule has 21 heavy (non-hydrogen) atoms. The number of H-pyrrole nitrogens is 1. The molecular formula is C13H11Cl2N3O3. The summed E-state index contributed by atoms with van der Waals surface area (Å²) >= 11 is 11.6. The van der Waals surface area contributed by atoms with Gasteiger partial charge in [0.25, 0.3) is 5.91 Å². The van der Waals surface area contributed by atoms with Crippen molar-refractivity contribution in [2.24, 2.45) is 0 Å². The molecule has 0 radical (unpaired) electrons. The van der Waals surface area contributed by atoms with Crippen molar-refractivity contribution >= 4 is 40.9 Å². The van der Waals surface area contributed by atoms with E-state index in [9.17, 15) is 9.59 Å². The van der Waals surface area contributed by atoms with Gasteiger partial charge < -0.3 is 15.0 Å². The standard InChI is InChI=1S/C13H11Cl2N3O3/c1-7(21-13(20)10-3-2-4-16-10)12(19)18-11-9(15)5-8(14)6-17-11/h2-7,16H,1H3,(H,17,18,19)/t7-/m0/s1. The Hall–Kier alpha value is -2.05. The number of amides is 1. The van der Waals surface area contributed by atoms with Crippen LogP contribution in [0.1, 0.15) is 17.4 Å². The van der Waals surface area contributed by atoms with Crippen LogP contribution in [-0.2, 0) is 9.53 Å². The average molecular weight is 328 g/mol. The van der Waals surface area contributed by atoms with Gasteiger partial charge in [-0.05, 0) is 25.1 Å². The number of nitrogens with zero attached hydrogens (tertiary/aromatic N) is 1. The van der Waals surface area contributed by atoms with Crippen LogP contribution in [0.25, 0.3) is 0 Å². The van der Waals surface area contributed by atoms with Crippen molar-refractivity contribution in [3.63, 3.8) is 0 Å². The quantitative estimate of drug-likeness (QED) is 0.845. The summed E-state index contributed by atoms with van der Waals surface area (Å²) < 4.78 is 5.01. The summed E-state index contributed by atoms with van der Waals surface area (Å²) in [7, 11) is 0. The smallest absolute Gasteiger partial charge is 0.355 e. The fraction of sp³-hybridized carbons (Fsp3) is 0.154. The van der Waals surface area contributed by atoms with Crippen molar-refractivity contribution in [2.75, 3.05) is 5.32 Å². The van der Waals surface area contributed by atoms with Gasteiger partial charge in [-0.15, -0.1) is 0 Å². The van der Waals surface area contributed by atoms with Crippen LogP contribution in [0.15, 0.2) is 30.6 Å². The van der Waals surface area contributed by atoms with Crippen molar-refractivity contribution in [3.05, 3.63) is 46.3 Å². The van der Waals surface area contributed by atoms with Gasteiger partial charge in [-0.3, -0.25) is 4.79 Å². The summed E-state index contributed by atoms with van der Waals surface area (Å²) in [6.45, 7) is 1.44. The Morgan fingerprint density at radius 2 is 2.19 bits per heavy atom. The Bertz CT molecular complexity index is 659. The molecule has 2 N–H and O–H groups in total. The number of ether oxygens (including phenoxy) is 1. The number of halogens is 2. The molecule has 0 fully saturated rings. The number of hydrogen-bond donors (Lipinski definition) is 2. The van der Waals surface area contributed by atoms with E-state index >= 15 is 0 Å². The Kier molecular flexibility index (Phi) is 4.82. The van der Waals surface area contributed by atoms with E-state index in [-0.39, 0.29) is 16.5 Å². The van der Waals surface area contributed by atoms with Crippen LogP contribution in [0, 0.1) is 0 Å². The molecule has 0 unspecified atom stereocenters. The number of carbonyl (C=O) groups is 2. The van der Waals surface area contributed by atoms with E-state index in [1.807, 2.05) is 0 Å². The topological polar surface area (TPSA) is 84.1 Å². The highest BCUT2D eigenvalue weighted by molar-refractivity contribution is 6.36. The highest BCUT2D eigenvalue weighted by atomic mass is 35.5. The Morgan fingerprint density at radius 1 is 1.43 bits per heavy atom. The largest absolute Gasteiger partial charge is 0.448 e. The van der Waals surface area contributed by atoms with Crippen molar-refractivity contribution in [3.8, 4) is 0 Å². The normalized spacial score (nSPS) is 11.8. The summed E-state index contributed by atoms with van der Waals surface area (Å²) in [6.07, 6.45) is 1.92.